The van der Waals surface area contributed by atoms with Crippen LogP contribution in [0, 0.1) is 0 Å². The normalized spacial score (nSPS) is 15.2. The van der Waals surface area contributed by atoms with Crippen LogP contribution in [0.5, 0.6) is 5.75 Å². The van der Waals surface area contributed by atoms with Crippen molar-refractivity contribution in [3.8, 4) is 5.75 Å². The fourth-order valence-corrected chi connectivity index (χ4v) is 3.57. The number of ketones is 1. The van der Waals surface area contributed by atoms with Gasteiger partial charge < -0.3 is 14.6 Å². The zero-order chi connectivity index (χ0) is 18.8. The number of nitrogens with zero attached hydrogens (tertiary/aromatic N) is 1. The first-order valence-electron chi connectivity index (χ1n) is 8.91. The summed E-state index contributed by atoms with van der Waals surface area (Å²) >= 11 is 0. The molecule has 1 aliphatic heterocycles. The van der Waals surface area contributed by atoms with Gasteiger partial charge in [0.25, 0.3) is 0 Å². The lowest BCUT2D eigenvalue weighted by Gasteiger charge is -2.11. The molecule has 0 aliphatic carbocycles. The van der Waals surface area contributed by atoms with Crippen LogP contribution in [-0.4, -0.2) is 23.4 Å². The molecule has 5 nitrogen and oxygen atoms in total. The summed E-state index contributed by atoms with van der Waals surface area (Å²) in [6.07, 6.45) is 0.682. The largest absolute Gasteiger partial charge is 0.497 e. The zero-order valence-electron chi connectivity index (χ0n) is 15.0. The number of aromatic nitrogens is 1. The van der Waals surface area contributed by atoms with Crippen molar-refractivity contribution in [1.29, 1.82) is 0 Å². The zero-order valence-corrected chi connectivity index (χ0v) is 15.0. The Balaban J connectivity index is 1.55. The SMILES string of the molecule is COc1cccc(NC(=O)C2CCn3c(C(=O)c4ccccc4)ccc32)c1. The highest BCUT2D eigenvalue weighted by atomic mass is 16.5. The molecule has 4 rings (SSSR count). The topological polar surface area (TPSA) is 60.3 Å². The number of nitrogens with one attached hydrogen (secondary N) is 1. The van der Waals surface area contributed by atoms with Crippen LogP contribution in [0.4, 0.5) is 5.69 Å². The third-order valence-corrected chi connectivity index (χ3v) is 4.94. The fraction of sp³-hybridized carbons (Fsp3) is 0.182. The van der Waals surface area contributed by atoms with E-state index in [1.165, 1.54) is 0 Å². The molecule has 136 valence electrons. The number of rotatable bonds is 5. The van der Waals surface area contributed by atoms with Gasteiger partial charge in [0, 0.05) is 29.6 Å². The predicted octanol–water partition coefficient (Wildman–Crippen LogP) is 3.85. The number of fused-ring (bicyclic) bond motifs is 1. The first-order valence-corrected chi connectivity index (χ1v) is 8.91. The third-order valence-electron chi connectivity index (χ3n) is 4.94. The van der Waals surface area contributed by atoms with Crippen LogP contribution in [0.1, 0.15) is 34.1 Å². The molecular weight excluding hydrogens is 340 g/mol. The second kappa shape index (κ2) is 7.11. The standard InChI is InChI=1S/C22H20N2O3/c1-27-17-9-5-8-16(14-17)23-22(26)18-12-13-24-19(18)10-11-20(24)21(25)15-6-3-2-4-7-15/h2-11,14,18H,12-13H2,1H3,(H,23,26). The molecule has 27 heavy (non-hydrogen) atoms. The first kappa shape index (κ1) is 17.1. The van der Waals surface area contributed by atoms with Crippen molar-refractivity contribution in [2.75, 3.05) is 12.4 Å². The summed E-state index contributed by atoms with van der Waals surface area (Å²) in [6.45, 7) is 0.659. The van der Waals surface area contributed by atoms with E-state index in [1.54, 1.807) is 13.2 Å². The van der Waals surface area contributed by atoms with Gasteiger partial charge in [0.05, 0.1) is 18.7 Å². The van der Waals surface area contributed by atoms with Crippen LogP contribution in [0.15, 0.2) is 66.7 Å². The number of carbonyl (C=O) groups is 2. The molecule has 1 N–H and O–H groups in total. The van der Waals surface area contributed by atoms with Gasteiger partial charge in [-0.05, 0) is 30.7 Å². The number of amides is 1. The number of hydrogen-bond donors (Lipinski definition) is 1. The van der Waals surface area contributed by atoms with Gasteiger partial charge in [-0.15, -0.1) is 0 Å². The number of ether oxygens (including phenoxy) is 1. The molecule has 3 aromatic rings. The maximum absolute atomic E-state index is 12.8. The molecule has 1 unspecified atom stereocenters. The van der Waals surface area contributed by atoms with Gasteiger partial charge in [0.2, 0.25) is 11.7 Å². The van der Waals surface area contributed by atoms with E-state index in [0.717, 1.165) is 5.69 Å². The Labute approximate surface area is 157 Å². The minimum Gasteiger partial charge on any atom is -0.497 e. The molecule has 1 atom stereocenters. The quantitative estimate of drug-likeness (QED) is 0.703. The number of benzene rings is 2. The number of methoxy groups -OCH3 is 1. The summed E-state index contributed by atoms with van der Waals surface area (Å²) in [6, 6.07) is 20.2. The molecule has 0 spiro atoms. The van der Waals surface area contributed by atoms with Crippen LogP contribution in [-0.2, 0) is 11.3 Å². The molecule has 0 saturated heterocycles. The van der Waals surface area contributed by atoms with E-state index in [4.69, 9.17) is 4.74 Å². The van der Waals surface area contributed by atoms with E-state index in [-0.39, 0.29) is 17.6 Å². The highest BCUT2D eigenvalue weighted by Crippen LogP contribution is 2.32. The molecule has 1 aromatic heterocycles. The van der Waals surface area contributed by atoms with Gasteiger partial charge >= 0.3 is 0 Å². The van der Waals surface area contributed by atoms with Gasteiger partial charge in [0.15, 0.2) is 0 Å². The Morgan fingerprint density at radius 2 is 1.85 bits per heavy atom. The van der Waals surface area contributed by atoms with E-state index in [2.05, 4.69) is 5.32 Å². The van der Waals surface area contributed by atoms with Crippen LogP contribution < -0.4 is 10.1 Å². The van der Waals surface area contributed by atoms with Crippen molar-refractivity contribution in [3.63, 3.8) is 0 Å². The van der Waals surface area contributed by atoms with Crippen LogP contribution in [0.2, 0.25) is 0 Å². The van der Waals surface area contributed by atoms with Gasteiger partial charge in [-0.3, -0.25) is 9.59 Å². The number of carbonyl (C=O) groups excluding carboxylic acids is 2. The minimum absolute atomic E-state index is 0.0179. The highest BCUT2D eigenvalue weighted by Gasteiger charge is 2.32. The Hall–Kier alpha value is -3.34. The lowest BCUT2D eigenvalue weighted by atomic mass is 10.0. The van der Waals surface area contributed by atoms with Crippen LogP contribution in [0.25, 0.3) is 0 Å². The molecule has 2 aromatic carbocycles. The van der Waals surface area contributed by atoms with Crippen molar-refractivity contribution in [3.05, 3.63) is 83.7 Å². The molecular formula is C22H20N2O3. The molecule has 0 bridgehead atoms. The van der Waals surface area contributed by atoms with Gasteiger partial charge in [0.1, 0.15) is 5.75 Å². The highest BCUT2D eigenvalue weighted by molar-refractivity contribution is 6.08. The number of anilines is 1. The van der Waals surface area contributed by atoms with Crippen molar-refractivity contribution in [1.82, 2.24) is 4.57 Å². The lowest BCUT2D eigenvalue weighted by Crippen LogP contribution is -2.19. The number of hydrogen-bond acceptors (Lipinski definition) is 3. The monoisotopic (exact) mass is 360 g/mol. The second-order valence-electron chi connectivity index (χ2n) is 6.55. The van der Waals surface area contributed by atoms with E-state index in [0.29, 0.717) is 35.7 Å². The summed E-state index contributed by atoms with van der Waals surface area (Å²) in [5.74, 6) is 0.335. The maximum atomic E-state index is 12.8. The van der Waals surface area contributed by atoms with Crippen molar-refractivity contribution in [2.45, 2.75) is 18.9 Å². The average molecular weight is 360 g/mol. The summed E-state index contributed by atoms with van der Waals surface area (Å²) in [4.78, 5) is 25.5. The smallest absolute Gasteiger partial charge is 0.233 e. The molecule has 5 heteroatoms. The Bertz CT molecular complexity index is 992. The van der Waals surface area contributed by atoms with Crippen LogP contribution in [0.3, 0.4) is 0 Å². The summed E-state index contributed by atoms with van der Waals surface area (Å²) in [5, 5.41) is 2.95. The van der Waals surface area contributed by atoms with Crippen molar-refractivity contribution >= 4 is 17.4 Å². The van der Waals surface area contributed by atoms with E-state index >= 15 is 0 Å². The van der Waals surface area contributed by atoms with E-state index in [9.17, 15) is 9.59 Å². The molecule has 1 amide bonds. The molecule has 1 aliphatic rings. The van der Waals surface area contributed by atoms with Crippen LogP contribution >= 0.6 is 0 Å². The molecule has 0 fully saturated rings. The van der Waals surface area contributed by atoms with Gasteiger partial charge in [-0.25, -0.2) is 0 Å². The third kappa shape index (κ3) is 3.24. The Morgan fingerprint density at radius 3 is 2.63 bits per heavy atom. The van der Waals surface area contributed by atoms with Gasteiger partial charge in [-0.2, -0.15) is 0 Å². The van der Waals surface area contributed by atoms with Gasteiger partial charge in [-0.1, -0.05) is 36.4 Å². The Kier molecular flexibility index (Phi) is 4.50. The maximum Gasteiger partial charge on any atom is 0.233 e. The Morgan fingerprint density at radius 1 is 1.04 bits per heavy atom. The van der Waals surface area contributed by atoms with Crippen molar-refractivity contribution in [2.24, 2.45) is 0 Å². The molecule has 0 saturated carbocycles. The summed E-state index contributed by atoms with van der Waals surface area (Å²) in [5.41, 5.74) is 2.87. The fourth-order valence-electron chi connectivity index (χ4n) is 3.57. The summed E-state index contributed by atoms with van der Waals surface area (Å²) in [7, 11) is 1.59. The minimum atomic E-state index is -0.270. The molecule has 0 radical (unpaired) electrons. The second-order valence-corrected chi connectivity index (χ2v) is 6.55. The lowest BCUT2D eigenvalue weighted by molar-refractivity contribution is -0.117. The molecule has 2 heterocycles. The summed E-state index contributed by atoms with van der Waals surface area (Å²) < 4.78 is 7.16. The van der Waals surface area contributed by atoms with Crippen molar-refractivity contribution < 1.29 is 14.3 Å². The van der Waals surface area contributed by atoms with E-state index < -0.39 is 0 Å². The first-order chi connectivity index (χ1) is 13.2. The predicted molar refractivity (Wildman–Crippen MR) is 103 cm³/mol. The average Bonchev–Trinajstić information content (AvgIpc) is 3.30. The van der Waals surface area contributed by atoms with E-state index in [1.807, 2.05) is 65.2 Å².